The number of carbonyl (C=O) groups is 2. The molecule has 144 valence electrons. The van der Waals surface area contributed by atoms with Crippen LogP contribution in [-0.4, -0.2) is 37.7 Å². The Morgan fingerprint density at radius 2 is 1.79 bits per heavy atom. The van der Waals surface area contributed by atoms with E-state index in [-0.39, 0.29) is 11.1 Å². The van der Waals surface area contributed by atoms with Crippen molar-refractivity contribution in [1.82, 2.24) is 5.32 Å². The van der Waals surface area contributed by atoms with Crippen LogP contribution in [0.1, 0.15) is 21.5 Å². The van der Waals surface area contributed by atoms with Crippen LogP contribution in [0.15, 0.2) is 48.0 Å². The molecule has 28 heavy (non-hydrogen) atoms. The second-order valence-electron chi connectivity index (χ2n) is 5.79. The van der Waals surface area contributed by atoms with Gasteiger partial charge in [0.2, 0.25) is 0 Å². The summed E-state index contributed by atoms with van der Waals surface area (Å²) in [4.78, 5) is 23.1. The van der Waals surface area contributed by atoms with Gasteiger partial charge in [0.25, 0.3) is 5.91 Å². The first-order valence-electron chi connectivity index (χ1n) is 8.42. The van der Waals surface area contributed by atoms with Crippen molar-refractivity contribution in [3.63, 3.8) is 0 Å². The van der Waals surface area contributed by atoms with E-state index < -0.39 is 11.9 Å². The second kappa shape index (κ2) is 9.78. The highest BCUT2D eigenvalue weighted by Crippen LogP contribution is 2.27. The molecule has 2 rings (SSSR count). The fourth-order valence-electron chi connectivity index (χ4n) is 2.49. The highest BCUT2D eigenvalue weighted by atomic mass is 16.5. The lowest BCUT2D eigenvalue weighted by atomic mass is 10.1. The molecule has 7 heteroatoms. The molecule has 0 aliphatic heterocycles. The van der Waals surface area contributed by atoms with Gasteiger partial charge in [-0.2, -0.15) is 5.26 Å². The summed E-state index contributed by atoms with van der Waals surface area (Å²) >= 11 is 0. The van der Waals surface area contributed by atoms with Gasteiger partial charge in [0.15, 0.2) is 11.5 Å². The summed E-state index contributed by atoms with van der Waals surface area (Å²) in [5, 5.41) is 20.8. The van der Waals surface area contributed by atoms with Crippen molar-refractivity contribution < 1.29 is 24.2 Å². The van der Waals surface area contributed by atoms with E-state index in [0.29, 0.717) is 30.0 Å². The van der Waals surface area contributed by atoms with E-state index in [9.17, 15) is 14.9 Å². The van der Waals surface area contributed by atoms with Crippen molar-refractivity contribution in [1.29, 1.82) is 5.26 Å². The number of rotatable bonds is 8. The third-order valence-electron chi connectivity index (χ3n) is 3.98. The third-order valence-corrected chi connectivity index (χ3v) is 3.98. The molecule has 2 aromatic carbocycles. The normalized spacial score (nSPS) is 10.7. The van der Waals surface area contributed by atoms with Crippen molar-refractivity contribution in [3.05, 3.63) is 64.7 Å². The number of carboxylic acids is 1. The van der Waals surface area contributed by atoms with E-state index in [2.05, 4.69) is 5.32 Å². The number of ether oxygens (including phenoxy) is 2. The van der Waals surface area contributed by atoms with Gasteiger partial charge in [-0.05, 0) is 47.9 Å². The van der Waals surface area contributed by atoms with Gasteiger partial charge >= 0.3 is 5.97 Å². The Kier molecular flexibility index (Phi) is 7.17. The first kappa shape index (κ1) is 20.5. The maximum Gasteiger partial charge on any atom is 0.335 e. The number of hydrogen-bond acceptors (Lipinski definition) is 5. The topological polar surface area (TPSA) is 109 Å². The highest BCUT2D eigenvalue weighted by Gasteiger charge is 2.10. The lowest BCUT2D eigenvalue weighted by Gasteiger charge is -2.10. The number of amides is 1. The monoisotopic (exact) mass is 380 g/mol. The SMILES string of the molecule is COc1ccc(CCNC(=O)/C(C#N)=C/c2ccc(C(=O)O)cc2)cc1OC. The standard InChI is InChI=1S/C21H20N2O5/c1-27-18-8-5-15(12-19(18)28-2)9-10-23-20(24)17(13-22)11-14-3-6-16(7-4-14)21(25)26/h3-8,11-12H,9-10H2,1-2H3,(H,23,24)(H,25,26)/b17-11+. The van der Waals surface area contributed by atoms with Crippen LogP contribution in [0.5, 0.6) is 11.5 Å². The smallest absolute Gasteiger partial charge is 0.335 e. The minimum atomic E-state index is -1.04. The zero-order chi connectivity index (χ0) is 20.5. The van der Waals surface area contributed by atoms with Crippen LogP contribution < -0.4 is 14.8 Å². The fraction of sp³-hybridized carbons (Fsp3) is 0.190. The van der Waals surface area contributed by atoms with Gasteiger partial charge in [-0.25, -0.2) is 4.79 Å². The van der Waals surface area contributed by atoms with E-state index in [1.165, 1.54) is 30.3 Å². The van der Waals surface area contributed by atoms with E-state index in [0.717, 1.165) is 5.56 Å². The first-order valence-corrected chi connectivity index (χ1v) is 8.42. The van der Waals surface area contributed by atoms with Crippen LogP contribution in [0.4, 0.5) is 0 Å². The third kappa shape index (κ3) is 5.35. The first-order chi connectivity index (χ1) is 13.5. The molecular formula is C21H20N2O5. The Bertz CT molecular complexity index is 927. The summed E-state index contributed by atoms with van der Waals surface area (Å²) in [5.41, 5.74) is 1.59. The van der Waals surface area contributed by atoms with Gasteiger partial charge < -0.3 is 19.9 Å². The maximum absolute atomic E-state index is 12.2. The van der Waals surface area contributed by atoms with Gasteiger partial charge in [-0.3, -0.25) is 4.79 Å². The van der Waals surface area contributed by atoms with Crippen molar-refractivity contribution >= 4 is 18.0 Å². The van der Waals surface area contributed by atoms with E-state index >= 15 is 0 Å². The Morgan fingerprint density at radius 3 is 2.36 bits per heavy atom. The molecular weight excluding hydrogens is 360 g/mol. The summed E-state index contributed by atoms with van der Waals surface area (Å²) in [5.74, 6) is -0.304. The van der Waals surface area contributed by atoms with Gasteiger partial charge in [0.05, 0.1) is 19.8 Å². The molecule has 0 unspecified atom stereocenters. The summed E-state index contributed by atoms with van der Waals surface area (Å²) in [6, 6.07) is 13.3. The van der Waals surface area contributed by atoms with Gasteiger partial charge in [-0.15, -0.1) is 0 Å². The lowest BCUT2D eigenvalue weighted by molar-refractivity contribution is -0.117. The van der Waals surface area contributed by atoms with Crippen molar-refractivity contribution in [2.45, 2.75) is 6.42 Å². The molecule has 7 nitrogen and oxygen atoms in total. The molecule has 0 saturated heterocycles. The number of aromatic carboxylic acids is 1. The van der Waals surface area contributed by atoms with Crippen LogP contribution in [0, 0.1) is 11.3 Å². The number of methoxy groups -OCH3 is 2. The summed E-state index contributed by atoms with van der Waals surface area (Å²) in [7, 11) is 3.11. The molecule has 0 aliphatic rings. The lowest BCUT2D eigenvalue weighted by Crippen LogP contribution is -2.26. The number of hydrogen-bond donors (Lipinski definition) is 2. The molecule has 2 aromatic rings. The number of carboxylic acid groups (broad SMARTS) is 1. The summed E-state index contributed by atoms with van der Waals surface area (Å²) in [6.45, 7) is 0.339. The van der Waals surface area contributed by atoms with Gasteiger partial charge in [0.1, 0.15) is 11.6 Å². The number of nitriles is 1. The van der Waals surface area contributed by atoms with Crippen LogP contribution in [-0.2, 0) is 11.2 Å². The fourth-order valence-corrected chi connectivity index (χ4v) is 2.49. The zero-order valence-corrected chi connectivity index (χ0v) is 15.6. The van der Waals surface area contributed by atoms with Crippen LogP contribution in [0.25, 0.3) is 6.08 Å². The summed E-state index contributed by atoms with van der Waals surface area (Å²) < 4.78 is 10.4. The average molecular weight is 380 g/mol. The molecule has 0 radical (unpaired) electrons. The predicted molar refractivity (Wildman–Crippen MR) is 103 cm³/mol. The molecule has 0 spiro atoms. The molecule has 0 aliphatic carbocycles. The number of carbonyl (C=O) groups excluding carboxylic acids is 1. The summed E-state index contributed by atoms with van der Waals surface area (Å²) in [6.07, 6.45) is 1.97. The predicted octanol–water partition coefficient (Wildman–Crippen LogP) is 2.67. The molecule has 1 amide bonds. The van der Waals surface area contributed by atoms with Crippen molar-refractivity contribution in [2.24, 2.45) is 0 Å². The van der Waals surface area contributed by atoms with Crippen LogP contribution >= 0.6 is 0 Å². The average Bonchev–Trinajstić information content (AvgIpc) is 2.71. The molecule has 0 aromatic heterocycles. The Labute approximate surface area is 162 Å². The minimum Gasteiger partial charge on any atom is -0.493 e. The number of benzene rings is 2. The van der Waals surface area contributed by atoms with E-state index in [4.69, 9.17) is 14.6 Å². The maximum atomic E-state index is 12.2. The molecule has 0 bridgehead atoms. The molecule has 0 saturated carbocycles. The van der Waals surface area contributed by atoms with Gasteiger partial charge in [-0.1, -0.05) is 18.2 Å². The van der Waals surface area contributed by atoms with Crippen LogP contribution in [0.2, 0.25) is 0 Å². The second-order valence-corrected chi connectivity index (χ2v) is 5.79. The minimum absolute atomic E-state index is 0.0598. The van der Waals surface area contributed by atoms with Crippen LogP contribution in [0.3, 0.4) is 0 Å². The molecule has 2 N–H and O–H groups in total. The Hall–Kier alpha value is -3.79. The highest BCUT2D eigenvalue weighted by molar-refractivity contribution is 6.01. The zero-order valence-electron chi connectivity index (χ0n) is 15.6. The van der Waals surface area contributed by atoms with Crippen molar-refractivity contribution in [3.8, 4) is 17.6 Å². The van der Waals surface area contributed by atoms with Crippen molar-refractivity contribution in [2.75, 3.05) is 20.8 Å². The Balaban J connectivity index is 1.99. The largest absolute Gasteiger partial charge is 0.493 e. The molecule has 0 fully saturated rings. The quantitative estimate of drug-likeness (QED) is 0.538. The van der Waals surface area contributed by atoms with E-state index in [1.54, 1.807) is 20.3 Å². The Morgan fingerprint density at radius 1 is 1.11 bits per heavy atom. The van der Waals surface area contributed by atoms with Gasteiger partial charge in [0, 0.05) is 6.54 Å². The van der Waals surface area contributed by atoms with E-state index in [1.807, 2.05) is 18.2 Å². The molecule has 0 heterocycles. The number of nitrogens with one attached hydrogen (secondary N) is 1. The number of nitrogens with zero attached hydrogens (tertiary/aromatic N) is 1. The molecule has 0 atom stereocenters.